The van der Waals surface area contributed by atoms with E-state index in [9.17, 15) is 0 Å². The first kappa shape index (κ1) is 16.0. The molecule has 1 spiro atoms. The molecule has 24 heavy (non-hydrogen) atoms. The molecule has 4 nitrogen and oxygen atoms in total. The van der Waals surface area contributed by atoms with Crippen molar-refractivity contribution in [2.75, 3.05) is 34.4 Å². The molecule has 0 N–H and O–H groups in total. The van der Waals surface area contributed by atoms with Gasteiger partial charge in [0.05, 0.1) is 25.9 Å². The maximum atomic E-state index is 5.73. The van der Waals surface area contributed by atoms with E-state index in [0.717, 1.165) is 30.9 Å². The number of fused-ring (bicyclic) bond motifs is 1. The van der Waals surface area contributed by atoms with Crippen molar-refractivity contribution in [3.05, 3.63) is 35.4 Å². The van der Waals surface area contributed by atoms with Gasteiger partial charge in [-0.1, -0.05) is 12.2 Å². The number of aryl methyl sites for hydroxylation is 1. The van der Waals surface area contributed by atoms with Gasteiger partial charge in [-0.25, -0.2) is 0 Å². The molecule has 4 rings (SSSR count). The van der Waals surface area contributed by atoms with Crippen LogP contribution in [0.15, 0.2) is 24.3 Å². The Kier molecular flexibility index (Phi) is 4.05. The fourth-order valence-electron chi connectivity index (χ4n) is 5.08. The third-order valence-corrected chi connectivity index (χ3v) is 6.21. The van der Waals surface area contributed by atoms with Gasteiger partial charge in [0.15, 0.2) is 11.5 Å². The highest BCUT2D eigenvalue weighted by molar-refractivity contribution is 5.52. The molecule has 2 aliphatic heterocycles. The number of nitrogens with zero attached hydrogens (tertiary/aromatic N) is 1. The molecule has 1 aromatic rings. The van der Waals surface area contributed by atoms with Crippen LogP contribution in [0.4, 0.5) is 0 Å². The van der Waals surface area contributed by atoms with Crippen LogP contribution in [0.25, 0.3) is 0 Å². The Labute approximate surface area is 144 Å². The number of rotatable bonds is 3. The second kappa shape index (κ2) is 6.08. The first-order chi connectivity index (χ1) is 11.7. The van der Waals surface area contributed by atoms with Crippen molar-refractivity contribution in [2.24, 2.45) is 5.92 Å². The van der Waals surface area contributed by atoms with E-state index in [-0.39, 0.29) is 11.6 Å². The van der Waals surface area contributed by atoms with Gasteiger partial charge in [-0.2, -0.15) is 0 Å². The monoisotopic (exact) mass is 329 g/mol. The highest BCUT2D eigenvalue weighted by Crippen LogP contribution is 2.53. The van der Waals surface area contributed by atoms with Crippen LogP contribution in [-0.4, -0.2) is 45.4 Å². The lowest BCUT2D eigenvalue weighted by molar-refractivity contribution is 0.0286. The fraction of sp³-hybridized carbons (Fsp3) is 0.600. The highest BCUT2D eigenvalue weighted by atomic mass is 16.5. The Morgan fingerprint density at radius 1 is 1.04 bits per heavy atom. The van der Waals surface area contributed by atoms with Crippen LogP contribution < -0.4 is 9.47 Å². The van der Waals surface area contributed by atoms with E-state index in [4.69, 9.17) is 14.2 Å². The van der Waals surface area contributed by atoms with Gasteiger partial charge < -0.3 is 14.2 Å². The molecular formula is C20H27NO3. The predicted molar refractivity (Wildman–Crippen MR) is 93.8 cm³/mol. The molecule has 4 heteroatoms. The van der Waals surface area contributed by atoms with Crippen molar-refractivity contribution < 1.29 is 14.2 Å². The molecule has 0 saturated carbocycles. The van der Waals surface area contributed by atoms with Crippen LogP contribution >= 0.6 is 0 Å². The van der Waals surface area contributed by atoms with E-state index >= 15 is 0 Å². The van der Waals surface area contributed by atoms with Crippen molar-refractivity contribution in [2.45, 2.75) is 37.3 Å². The molecule has 130 valence electrons. The maximum Gasteiger partial charge on any atom is 0.161 e. The van der Waals surface area contributed by atoms with Crippen LogP contribution in [0.1, 0.15) is 30.4 Å². The molecule has 0 aromatic heterocycles. The Morgan fingerprint density at radius 3 is 2.58 bits per heavy atom. The summed E-state index contributed by atoms with van der Waals surface area (Å²) in [6, 6.07) is 4.43. The van der Waals surface area contributed by atoms with E-state index < -0.39 is 0 Å². The number of hydrogen-bond acceptors (Lipinski definition) is 4. The summed E-state index contributed by atoms with van der Waals surface area (Å²) in [4.78, 5) is 2.70. The molecule has 3 atom stereocenters. The fourth-order valence-corrected chi connectivity index (χ4v) is 5.08. The summed E-state index contributed by atoms with van der Waals surface area (Å²) in [5.41, 5.74) is 2.87. The van der Waals surface area contributed by atoms with Gasteiger partial charge in [0.2, 0.25) is 0 Å². The van der Waals surface area contributed by atoms with Gasteiger partial charge in [-0.15, -0.1) is 0 Å². The molecule has 3 aliphatic rings. The van der Waals surface area contributed by atoms with Gasteiger partial charge in [0.1, 0.15) is 0 Å². The van der Waals surface area contributed by atoms with Gasteiger partial charge in [-0.05, 0) is 55.6 Å². The molecule has 1 aliphatic carbocycles. The predicted octanol–water partition coefficient (Wildman–Crippen LogP) is 3.14. The molecule has 0 amide bonds. The zero-order chi connectivity index (χ0) is 16.7. The van der Waals surface area contributed by atoms with E-state index in [1.807, 2.05) is 7.11 Å². The average Bonchev–Trinajstić information content (AvgIpc) is 2.92. The van der Waals surface area contributed by atoms with Crippen LogP contribution in [0.3, 0.4) is 0 Å². The zero-order valence-electron chi connectivity index (χ0n) is 14.9. The zero-order valence-corrected chi connectivity index (χ0v) is 14.9. The average molecular weight is 329 g/mol. The Hall–Kier alpha value is -1.52. The van der Waals surface area contributed by atoms with Crippen molar-refractivity contribution >= 4 is 0 Å². The van der Waals surface area contributed by atoms with Crippen molar-refractivity contribution in [1.82, 2.24) is 4.90 Å². The highest BCUT2D eigenvalue weighted by Gasteiger charge is 2.53. The third kappa shape index (κ3) is 2.20. The summed E-state index contributed by atoms with van der Waals surface area (Å²) < 4.78 is 16.9. The summed E-state index contributed by atoms with van der Waals surface area (Å²) in [7, 11) is 5.26. The molecule has 0 unspecified atom stereocenters. The third-order valence-electron chi connectivity index (χ3n) is 6.21. The first-order valence-electron chi connectivity index (χ1n) is 8.94. The number of hydrogen-bond donors (Lipinski definition) is 0. The number of methoxy groups -OCH3 is 3. The normalized spacial score (nSPS) is 31.8. The number of ether oxygens (including phenoxy) is 3. The quantitative estimate of drug-likeness (QED) is 0.797. The van der Waals surface area contributed by atoms with E-state index in [1.54, 1.807) is 14.2 Å². The molecule has 1 saturated heterocycles. The molecule has 0 bridgehead atoms. The topological polar surface area (TPSA) is 30.9 Å². The Balaban J connectivity index is 1.91. The molecular weight excluding hydrogens is 302 g/mol. The second-order valence-electron chi connectivity index (χ2n) is 7.14. The summed E-state index contributed by atoms with van der Waals surface area (Å²) in [5.74, 6) is 2.23. The molecule has 1 fully saturated rings. The number of benzene rings is 1. The lowest BCUT2D eigenvalue weighted by atomic mass is 9.70. The molecule has 2 heterocycles. The summed E-state index contributed by atoms with van der Waals surface area (Å²) in [5, 5.41) is 0. The van der Waals surface area contributed by atoms with E-state index in [2.05, 4.69) is 29.2 Å². The van der Waals surface area contributed by atoms with Crippen LogP contribution in [-0.2, 0) is 16.7 Å². The second-order valence-corrected chi connectivity index (χ2v) is 7.14. The molecule has 0 radical (unpaired) electrons. The van der Waals surface area contributed by atoms with Crippen LogP contribution in [0.2, 0.25) is 0 Å². The van der Waals surface area contributed by atoms with E-state index in [0.29, 0.717) is 5.92 Å². The van der Waals surface area contributed by atoms with Gasteiger partial charge in [0.25, 0.3) is 0 Å². The first-order valence-corrected chi connectivity index (χ1v) is 8.94. The lowest BCUT2D eigenvalue weighted by Crippen LogP contribution is -2.48. The Bertz CT molecular complexity index is 657. The van der Waals surface area contributed by atoms with Crippen molar-refractivity contribution in [3.63, 3.8) is 0 Å². The van der Waals surface area contributed by atoms with Gasteiger partial charge >= 0.3 is 0 Å². The SMILES string of the molecule is COc1cc2c(cc1OC)[C@@]13C[C@@H](OC)C=C[C@@H]1CCN3CCC2. The Morgan fingerprint density at radius 2 is 1.83 bits per heavy atom. The summed E-state index contributed by atoms with van der Waals surface area (Å²) in [6.45, 7) is 2.32. The van der Waals surface area contributed by atoms with Crippen LogP contribution in [0, 0.1) is 5.92 Å². The summed E-state index contributed by atoms with van der Waals surface area (Å²) >= 11 is 0. The maximum absolute atomic E-state index is 5.73. The smallest absolute Gasteiger partial charge is 0.161 e. The minimum atomic E-state index is 0.0425. The van der Waals surface area contributed by atoms with Gasteiger partial charge in [0, 0.05) is 19.4 Å². The van der Waals surface area contributed by atoms with Crippen LogP contribution in [0.5, 0.6) is 11.5 Å². The largest absolute Gasteiger partial charge is 0.493 e. The standard InChI is InChI=1S/C20H27NO3/c1-22-16-7-6-15-8-10-21-9-4-5-14-11-18(23-2)19(24-3)12-17(14)20(15,21)13-16/h6-7,11-12,15-16H,4-5,8-10,13H2,1-3H3/t15-,16+,20-/m1/s1. The van der Waals surface area contributed by atoms with E-state index in [1.165, 1.54) is 30.5 Å². The summed E-state index contributed by atoms with van der Waals surface area (Å²) in [6.07, 6.45) is 9.36. The minimum absolute atomic E-state index is 0.0425. The van der Waals surface area contributed by atoms with Crippen molar-refractivity contribution in [1.29, 1.82) is 0 Å². The minimum Gasteiger partial charge on any atom is -0.493 e. The van der Waals surface area contributed by atoms with Gasteiger partial charge in [-0.3, -0.25) is 4.90 Å². The van der Waals surface area contributed by atoms with Crippen molar-refractivity contribution in [3.8, 4) is 11.5 Å². The lowest BCUT2D eigenvalue weighted by Gasteiger charge is -2.46. The molecule has 1 aromatic carbocycles.